The Labute approximate surface area is 78.6 Å². The average Bonchev–Trinajstić information content (AvgIpc) is 2.63. The molecule has 0 unspecified atom stereocenters. The minimum Gasteiger partial charge on any atom is -0.396 e. The highest BCUT2D eigenvalue weighted by Gasteiger charge is 1.90. The van der Waals surface area contributed by atoms with Crippen molar-refractivity contribution in [3.05, 3.63) is 18.5 Å². The normalized spacial score (nSPS) is 10.5. The molecule has 1 aromatic rings. The Bertz CT molecular complexity index is 199. The van der Waals surface area contributed by atoms with Crippen molar-refractivity contribution >= 4 is 0 Å². The van der Waals surface area contributed by atoms with E-state index in [0.29, 0.717) is 6.61 Å². The predicted molar refractivity (Wildman–Crippen MR) is 51.4 cm³/mol. The topological polar surface area (TPSA) is 50.1 Å². The van der Waals surface area contributed by atoms with Crippen LogP contribution in [0.5, 0.6) is 0 Å². The first kappa shape index (κ1) is 10.2. The minimum atomic E-state index is 0.292. The van der Waals surface area contributed by atoms with Crippen LogP contribution in [0.4, 0.5) is 0 Å². The molecule has 74 valence electrons. The van der Waals surface area contributed by atoms with Crippen LogP contribution in [0.15, 0.2) is 18.5 Å². The summed E-state index contributed by atoms with van der Waals surface area (Å²) >= 11 is 0. The lowest BCUT2D eigenvalue weighted by Gasteiger charge is -2.03. The third kappa shape index (κ3) is 4.65. The summed E-state index contributed by atoms with van der Waals surface area (Å²) < 4.78 is 1.90. The van der Waals surface area contributed by atoms with Crippen LogP contribution in [0.3, 0.4) is 0 Å². The van der Waals surface area contributed by atoms with Crippen LogP contribution in [0.2, 0.25) is 0 Å². The van der Waals surface area contributed by atoms with Crippen LogP contribution in [-0.4, -0.2) is 34.6 Å². The molecule has 1 heterocycles. The largest absolute Gasteiger partial charge is 0.396 e. The molecule has 0 bridgehead atoms. The Balaban J connectivity index is 1.90. The summed E-state index contributed by atoms with van der Waals surface area (Å²) in [6, 6.07) is 1.92. The highest BCUT2D eigenvalue weighted by Crippen LogP contribution is 1.85. The number of nitrogens with one attached hydrogen (secondary N) is 1. The molecule has 0 aliphatic heterocycles. The average molecular weight is 183 g/mol. The van der Waals surface area contributed by atoms with E-state index in [-0.39, 0.29) is 0 Å². The molecular weight excluding hydrogens is 166 g/mol. The van der Waals surface area contributed by atoms with Gasteiger partial charge in [0.25, 0.3) is 0 Å². The van der Waals surface area contributed by atoms with Gasteiger partial charge in [0.15, 0.2) is 0 Å². The van der Waals surface area contributed by atoms with Gasteiger partial charge in [0.1, 0.15) is 0 Å². The molecule has 0 spiro atoms. The minimum absolute atomic E-state index is 0.292. The summed E-state index contributed by atoms with van der Waals surface area (Å²) in [5.41, 5.74) is 0. The second-order valence-electron chi connectivity index (χ2n) is 2.95. The standard InChI is InChI=1S/C9H17N3O/c13-9-2-1-4-10-6-8-12-7-3-5-11-12/h3,5,7,10,13H,1-2,4,6,8-9H2. The number of aliphatic hydroxyl groups is 1. The number of aliphatic hydroxyl groups excluding tert-OH is 1. The molecule has 0 aliphatic carbocycles. The first-order valence-electron chi connectivity index (χ1n) is 4.72. The number of rotatable bonds is 7. The van der Waals surface area contributed by atoms with Gasteiger partial charge in [-0.3, -0.25) is 4.68 Å². The third-order valence-corrected chi connectivity index (χ3v) is 1.84. The summed E-state index contributed by atoms with van der Waals surface area (Å²) in [6.45, 7) is 3.11. The summed E-state index contributed by atoms with van der Waals surface area (Å²) in [5, 5.41) is 15.9. The number of nitrogens with zero attached hydrogens (tertiary/aromatic N) is 2. The molecular formula is C9H17N3O. The van der Waals surface area contributed by atoms with Crippen LogP contribution in [0.25, 0.3) is 0 Å². The monoisotopic (exact) mass is 183 g/mol. The van der Waals surface area contributed by atoms with Crippen LogP contribution >= 0.6 is 0 Å². The van der Waals surface area contributed by atoms with E-state index in [9.17, 15) is 0 Å². The van der Waals surface area contributed by atoms with E-state index in [0.717, 1.165) is 32.5 Å². The molecule has 1 aromatic heterocycles. The lowest BCUT2D eigenvalue weighted by atomic mass is 10.3. The fourth-order valence-electron chi connectivity index (χ4n) is 1.11. The molecule has 4 nitrogen and oxygen atoms in total. The van der Waals surface area contributed by atoms with E-state index in [1.807, 2.05) is 16.9 Å². The van der Waals surface area contributed by atoms with Gasteiger partial charge >= 0.3 is 0 Å². The predicted octanol–water partition coefficient (Wildman–Crippen LogP) is 0.245. The van der Waals surface area contributed by atoms with Crippen molar-refractivity contribution in [2.45, 2.75) is 19.4 Å². The molecule has 0 aliphatic rings. The van der Waals surface area contributed by atoms with Crippen molar-refractivity contribution in [1.29, 1.82) is 0 Å². The van der Waals surface area contributed by atoms with Crippen LogP contribution < -0.4 is 5.32 Å². The molecule has 4 heteroatoms. The molecule has 1 rings (SSSR count). The van der Waals surface area contributed by atoms with E-state index in [1.54, 1.807) is 6.20 Å². The summed E-state index contributed by atoms with van der Waals surface area (Å²) in [4.78, 5) is 0. The zero-order valence-corrected chi connectivity index (χ0v) is 7.82. The maximum Gasteiger partial charge on any atom is 0.0533 e. The Morgan fingerprint density at radius 3 is 2.92 bits per heavy atom. The van der Waals surface area contributed by atoms with Crippen molar-refractivity contribution in [3.8, 4) is 0 Å². The molecule has 0 fully saturated rings. The van der Waals surface area contributed by atoms with Gasteiger partial charge in [-0.25, -0.2) is 0 Å². The van der Waals surface area contributed by atoms with Crippen LogP contribution in [-0.2, 0) is 6.54 Å². The highest BCUT2D eigenvalue weighted by atomic mass is 16.2. The lowest BCUT2D eigenvalue weighted by Crippen LogP contribution is -2.21. The van der Waals surface area contributed by atoms with E-state index >= 15 is 0 Å². The van der Waals surface area contributed by atoms with Gasteiger partial charge < -0.3 is 10.4 Å². The van der Waals surface area contributed by atoms with Gasteiger partial charge in [-0.05, 0) is 25.5 Å². The number of hydrogen-bond donors (Lipinski definition) is 2. The molecule has 2 N–H and O–H groups in total. The highest BCUT2D eigenvalue weighted by molar-refractivity contribution is 4.77. The van der Waals surface area contributed by atoms with Crippen molar-refractivity contribution in [1.82, 2.24) is 15.1 Å². The van der Waals surface area contributed by atoms with Crippen LogP contribution in [0, 0.1) is 0 Å². The van der Waals surface area contributed by atoms with Crippen molar-refractivity contribution in [2.24, 2.45) is 0 Å². The smallest absolute Gasteiger partial charge is 0.0533 e. The second-order valence-corrected chi connectivity index (χ2v) is 2.95. The van der Waals surface area contributed by atoms with Crippen molar-refractivity contribution in [2.75, 3.05) is 19.7 Å². The Kier molecular flexibility index (Phi) is 5.20. The Morgan fingerprint density at radius 2 is 2.23 bits per heavy atom. The first-order chi connectivity index (χ1) is 6.43. The maximum absolute atomic E-state index is 8.53. The Hall–Kier alpha value is -0.870. The molecule has 0 saturated carbocycles. The zero-order valence-electron chi connectivity index (χ0n) is 7.82. The quantitative estimate of drug-likeness (QED) is 0.596. The fraction of sp³-hybridized carbons (Fsp3) is 0.667. The summed E-state index contributed by atoms with van der Waals surface area (Å²) in [5.74, 6) is 0. The first-order valence-corrected chi connectivity index (χ1v) is 4.72. The molecule has 0 atom stereocenters. The van der Waals surface area contributed by atoms with Gasteiger partial charge in [0.05, 0.1) is 6.54 Å². The number of hydrogen-bond acceptors (Lipinski definition) is 3. The summed E-state index contributed by atoms with van der Waals surface area (Å²) in [6.07, 6.45) is 5.66. The van der Waals surface area contributed by atoms with E-state index in [1.165, 1.54) is 0 Å². The molecule has 0 amide bonds. The van der Waals surface area contributed by atoms with Gasteiger partial charge in [-0.15, -0.1) is 0 Å². The summed E-state index contributed by atoms with van der Waals surface area (Å²) in [7, 11) is 0. The zero-order chi connectivity index (χ0) is 9.36. The number of aromatic nitrogens is 2. The SMILES string of the molecule is OCCCCNCCn1cccn1. The molecule has 0 radical (unpaired) electrons. The lowest BCUT2D eigenvalue weighted by molar-refractivity contribution is 0.283. The van der Waals surface area contributed by atoms with E-state index in [4.69, 9.17) is 5.11 Å². The third-order valence-electron chi connectivity index (χ3n) is 1.84. The maximum atomic E-state index is 8.53. The number of unbranched alkanes of at least 4 members (excludes halogenated alkanes) is 1. The Morgan fingerprint density at radius 1 is 1.31 bits per heavy atom. The van der Waals surface area contributed by atoms with Crippen molar-refractivity contribution < 1.29 is 5.11 Å². The van der Waals surface area contributed by atoms with Gasteiger partial charge in [0, 0.05) is 25.5 Å². The van der Waals surface area contributed by atoms with E-state index in [2.05, 4.69) is 10.4 Å². The second kappa shape index (κ2) is 6.62. The molecule has 0 aromatic carbocycles. The fourth-order valence-corrected chi connectivity index (χ4v) is 1.11. The van der Waals surface area contributed by atoms with Crippen LogP contribution in [0.1, 0.15) is 12.8 Å². The molecule has 13 heavy (non-hydrogen) atoms. The van der Waals surface area contributed by atoms with E-state index < -0.39 is 0 Å². The van der Waals surface area contributed by atoms with Crippen molar-refractivity contribution in [3.63, 3.8) is 0 Å². The molecule has 0 saturated heterocycles. The van der Waals surface area contributed by atoms with Gasteiger partial charge in [-0.2, -0.15) is 5.10 Å². The van der Waals surface area contributed by atoms with Gasteiger partial charge in [-0.1, -0.05) is 0 Å². The van der Waals surface area contributed by atoms with Gasteiger partial charge in [0.2, 0.25) is 0 Å².